The predicted octanol–water partition coefficient (Wildman–Crippen LogP) is 6.70. The van der Waals surface area contributed by atoms with E-state index in [-0.39, 0.29) is 0 Å². The molecule has 1 heteroatoms. The normalized spacial score (nSPS) is 10.9. The van der Waals surface area contributed by atoms with Crippen LogP contribution in [-0.4, -0.2) is 0 Å². The van der Waals surface area contributed by atoms with Crippen LogP contribution < -0.4 is 0 Å². The van der Waals surface area contributed by atoms with Gasteiger partial charge in [-0.2, -0.15) is 0 Å². The molecule has 0 radical (unpaired) electrons. The molecule has 0 amide bonds. The van der Waals surface area contributed by atoms with E-state index in [1.807, 2.05) is 0 Å². The Labute approximate surface area is 156 Å². The fraction of sp³-hybridized carbons (Fsp3) is 0.0435. The third-order valence-corrected chi connectivity index (χ3v) is 4.91. The summed E-state index contributed by atoms with van der Waals surface area (Å²) >= 11 is 2.41. The van der Waals surface area contributed by atoms with Crippen molar-refractivity contribution in [1.82, 2.24) is 0 Å². The zero-order valence-electron chi connectivity index (χ0n) is 13.2. The minimum Gasteiger partial charge on any atom is -0.0622 e. The van der Waals surface area contributed by atoms with Gasteiger partial charge in [0.25, 0.3) is 0 Å². The van der Waals surface area contributed by atoms with Gasteiger partial charge in [0.05, 0.1) is 0 Å². The van der Waals surface area contributed by atoms with Crippen molar-refractivity contribution in [3.63, 3.8) is 0 Å². The lowest BCUT2D eigenvalue weighted by Gasteiger charge is -2.09. The summed E-state index contributed by atoms with van der Waals surface area (Å²) in [7, 11) is 0. The first-order valence-corrected chi connectivity index (χ1v) is 9.18. The van der Waals surface area contributed by atoms with Crippen LogP contribution >= 0.6 is 22.6 Å². The Hall–Kier alpha value is -2.13. The quantitative estimate of drug-likeness (QED) is 0.324. The fourth-order valence-electron chi connectivity index (χ4n) is 3.13. The second-order valence-corrected chi connectivity index (χ2v) is 7.32. The molecule has 0 aliphatic heterocycles. The van der Waals surface area contributed by atoms with Crippen molar-refractivity contribution in [3.05, 3.63) is 106 Å². The molecule has 24 heavy (non-hydrogen) atoms. The van der Waals surface area contributed by atoms with Crippen LogP contribution in [0.2, 0.25) is 0 Å². The van der Waals surface area contributed by atoms with Gasteiger partial charge < -0.3 is 0 Å². The highest BCUT2D eigenvalue weighted by molar-refractivity contribution is 14.1. The van der Waals surface area contributed by atoms with Crippen molar-refractivity contribution in [2.45, 2.75) is 6.42 Å². The molecule has 0 N–H and O–H groups in total. The maximum atomic E-state index is 2.41. The molecule has 0 spiro atoms. The number of rotatable bonds is 3. The number of fused-ring (bicyclic) bond motifs is 1. The Morgan fingerprint density at radius 3 is 2.12 bits per heavy atom. The Balaban J connectivity index is 1.69. The van der Waals surface area contributed by atoms with E-state index in [0.29, 0.717) is 0 Å². The lowest BCUT2D eigenvalue weighted by molar-refractivity contribution is 1.20. The van der Waals surface area contributed by atoms with Crippen molar-refractivity contribution in [1.29, 1.82) is 0 Å². The van der Waals surface area contributed by atoms with Crippen molar-refractivity contribution >= 4 is 33.4 Å². The summed E-state index contributed by atoms with van der Waals surface area (Å²) in [4.78, 5) is 0. The molecule has 0 unspecified atom stereocenters. The Bertz CT molecular complexity index is 987. The predicted molar refractivity (Wildman–Crippen MR) is 111 cm³/mol. The van der Waals surface area contributed by atoms with E-state index in [9.17, 15) is 0 Å². The smallest absolute Gasteiger partial charge is 0.0139 e. The number of benzene rings is 4. The Kier molecular flexibility index (Phi) is 4.35. The summed E-state index contributed by atoms with van der Waals surface area (Å²) in [5, 5.41) is 2.61. The van der Waals surface area contributed by atoms with E-state index in [1.54, 1.807) is 0 Å². The summed E-state index contributed by atoms with van der Waals surface area (Å²) in [6, 6.07) is 32.7. The average Bonchev–Trinajstić information content (AvgIpc) is 2.62. The van der Waals surface area contributed by atoms with Gasteiger partial charge in [0.15, 0.2) is 0 Å². The van der Waals surface area contributed by atoms with Crippen LogP contribution in [0.15, 0.2) is 91.0 Å². The van der Waals surface area contributed by atoms with Gasteiger partial charge in [-0.3, -0.25) is 0 Å². The molecule has 0 nitrogen and oxygen atoms in total. The average molecular weight is 420 g/mol. The van der Waals surface area contributed by atoms with Gasteiger partial charge in [0.1, 0.15) is 0 Å². The largest absolute Gasteiger partial charge is 0.0622 e. The second-order valence-electron chi connectivity index (χ2n) is 6.07. The first kappa shape index (κ1) is 15.4. The van der Waals surface area contributed by atoms with Crippen molar-refractivity contribution in [3.8, 4) is 11.1 Å². The van der Waals surface area contributed by atoms with Crippen molar-refractivity contribution < 1.29 is 0 Å². The van der Waals surface area contributed by atoms with Gasteiger partial charge >= 0.3 is 0 Å². The molecule has 4 rings (SSSR count). The molecule has 4 aromatic carbocycles. The first-order chi connectivity index (χ1) is 11.8. The molecule has 0 fully saturated rings. The molecule has 0 aliphatic rings. The van der Waals surface area contributed by atoms with Gasteiger partial charge in [-0.1, -0.05) is 78.9 Å². The lowest BCUT2D eigenvalue weighted by atomic mass is 9.98. The highest BCUT2D eigenvalue weighted by Gasteiger charge is 2.04. The zero-order valence-corrected chi connectivity index (χ0v) is 15.4. The third-order valence-electron chi connectivity index (χ3n) is 4.29. The van der Waals surface area contributed by atoms with Gasteiger partial charge in [-0.25, -0.2) is 0 Å². The zero-order chi connectivity index (χ0) is 16.4. The van der Waals surface area contributed by atoms with Gasteiger partial charge in [-0.15, -0.1) is 0 Å². The molecule has 116 valence electrons. The molecular weight excluding hydrogens is 403 g/mol. The summed E-state index contributed by atoms with van der Waals surface area (Å²) < 4.78 is 1.28. The maximum absolute atomic E-state index is 2.41. The molecule has 0 bridgehead atoms. The van der Waals surface area contributed by atoms with Crippen LogP contribution in [0, 0.1) is 3.57 Å². The van der Waals surface area contributed by atoms with E-state index >= 15 is 0 Å². The van der Waals surface area contributed by atoms with Crippen LogP contribution in [0.3, 0.4) is 0 Å². The number of halogens is 1. The van der Waals surface area contributed by atoms with Crippen molar-refractivity contribution in [2.75, 3.05) is 0 Å². The molecule has 0 aromatic heterocycles. The Morgan fingerprint density at radius 2 is 1.29 bits per heavy atom. The number of hydrogen-bond acceptors (Lipinski definition) is 0. The summed E-state index contributed by atoms with van der Waals surface area (Å²) in [6.45, 7) is 0. The maximum Gasteiger partial charge on any atom is 0.0139 e. The SMILES string of the molecule is Ic1cc(Cc2ccc3ccccc3c2)cc(-c2ccccc2)c1. The first-order valence-electron chi connectivity index (χ1n) is 8.10. The minimum atomic E-state index is 0.960. The highest BCUT2D eigenvalue weighted by Crippen LogP contribution is 2.25. The minimum absolute atomic E-state index is 0.960. The Morgan fingerprint density at radius 1 is 0.542 bits per heavy atom. The van der Waals surface area contributed by atoms with Crippen molar-refractivity contribution in [2.24, 2.45) is 0 Å². The van der Waals surface area contributed by atoms with Crippen LogP contribution in [0.25, 0.3) is 21.9 Å². The molecule has 0 atom stereocenters. The molecule has 0 aliphatic carbocycles. The van der Waals surface area contributed by atoms with E-state index in [1.165, 1.54) is 36.6 Å². The van der Waals surface area contributed by atoms with Crippen LogP contribution in [0.1, 0.15) is 11.1 Å². The molecule has 0 saturated heterocycles. The third kappa shape index (κ3) is 3.36. The van der Waals surface area contributed by atoms with E-state index in [2.05, 4.69) is 114 Å². The van der Waals surface area contributed by atoms with Crippen LogP contribution in [-0.2, 0) is 6.42 Å². The highest BCUT2D eigenvalue weighted by atomic mass is 127. The fourth-order valence-corrected chi connectivity index (χ4v) is 3.87. The van der Waals surface area contributed by atoms with Gasteiger partial charge in [-0.05, 0) is 74.2 Å². The molecule has 4 aromatic rings. The summed E-state index contributed by atoms with van der Waals surface area (Å²) in [5.74, 6) is 0. The van der Waals surface area contributed by atoms with E-state index in [0.717, 1.165) is 6.42 Å². The van der Waals surface area contributed by atoms with Gasteiger partial charge in [0, 0.05) is 3.57 Å². The van der Waals surface area contributed by atoms with E-state index < -0.39 is 0 Å². The number of hydrogen-bond donors (Lipinski definition) is 0. The summed E-state index contributed by atoms with van der Waals surface area (Å²) in [5.41, 5.74) is 5.28. The summed E-state index contributed by atoms with van der Waals surface area (Å²) in [6.07, 6.45) is 0.960. The second kappa shape index (κ2) is 6.78. The van der Waals surface area contributed by atoms with E-state index in [4.69, 9.17) is 0 Å². The van der Waals surface area contributed by atoms with Crippen LogP contribution in [0.5, 0.6) is 0 Å². The molecular formula is C23H17I. The molecule has 0 heterocycles. The van der Waals surface area contributed by atoms with Gasteiger partial charge in [0.2, 0.25) is 0 Å². The van der Waals surface area contributed by atoms with Crippen LogP contribution in [0.4, 0.5) is 0 Å². The monoisotopic (exact) mass is 420 g/mol. The topological polar surface area (TPSA) is 0 Å². The molecule has 0 saturated carbocycles. The standard InChI is InChI=1S/C23H17I/c24-23-15-18(14-22(16-23)19-6-2-1-3-7-19)12-17-10-11-20-8-4-5-9-21(20)13-17/h1-11,13-16H,12H2. The lowest BCUT2D eigenvalue weighted by Crippen LogP contribution is -1.91.